The van der Waals surface area contributed by atoms with E-state index in [0.717, 1.165) is 6.42 Å². The lowest BCUT2D eigenvalue weighted by Gasteiger charge is -2.29. The van der Waals surface area contributed by atoms with E-state index < -0.39 is 0 Å². The van der Waals surface area contributed by atoms with Crippen molar-refractivity contribution in [1.82, 2.24) is 9.80 Å². The van der Waals surface area contributed by atoms with Gasteiger partial charge in [0.15, 0.2) is 0 Å². The summed E-state index contributed by atoms with van der Waals surface area (Å²) >= 11 is 0. The first-order valence-corrected chi connectivity index (χ1v) is 7.72. The average molecular weight is 299 g/mol. The Bertz CT molecular complexity index is 602. The molecule has 1 atom stereocenters. The van der Waals surface area contributed by atoms with E-state index in [9.17, 15) is 9.59 Å². The summed E-state index contributed by atoms with van der Waals surface area (Å²) in [6, 6.07) is 8.30. The van der Waals surface area contributed by atoms with Crippen LogP contribution in [0.2, 0.25) is 0 Å². The quantitative estimate of drug-likeness (QED) is 0.854. The second-order valence-corrected chi connectivity index (χ2v) is 5.36. The van der Waals surface area contributed by atoms with Crippen LogP contribution in [0, 0.1) is 11.3 Å². The first kappa shape index (κ1) is 16.0. The van der Waals surface area contributed by atoms with Gasteiger partial charge in [-0.15, -0.1) is 0 Å². The van der Waals surface area contributed by atoms with Crippen molar-refractivity contribution in [3.63, 3.8) is 0 Å². The average Bonchev–Trinajstić information content (AvgIpc) is 3.04. The highest BCUT2D eigenvalue weighted by molar-refractivity contribution is 5.98. The molecule has 0 saturated carbocycles. The van der Waals surface area contributed by atoms with Gasteiger partial charge < -0.3 is 9.80 Å². The summed E-state index contributed by atoms with van der Waals surface area (Å²) < 4.78 is 0. The number of nitrogens with zero attached hydrogens (tertiary/aromatic N) is 3. The van der Waals surface area contributed by atoms with Crippen LogP contribution in [-0.4, -0.2) is 47.3 Å². The Morgan fingerprint density at radius 2 is 2.09 bits per heavy atom. The van der Waals surface area contributed by atoms with Crippen LogP contribution in [0.5, 0.6) is 0 Å². The number of carbonyl (C=O) groups is 2. The van der Waals surface area contributed by atoms with Gasteiger partial charge in [-0.05, 0) is 44.9 Å². The predicted molar refractivity (Wildman–Crippen MR) is 83.1 cm³/mol. The van der Waals surface area contributed by atoms with Crippen LogP contribution in [0.25, 0.3) is 0 Å². The lowest BCUT2D eigenvalue weighted by atomic mass is 10.1. The molecule has 0 radical (unpaired) electrons. The zero-order valence-electron chi connectivity index (χ0n) is 13.1. The molecule has 0 aliphatic carbocycles. The molecule has 5 nitrogen and oxygen atoms in total. The number of hydrogen-bond donors (Lipinski definition) is 0. The van der Waals surface area contributed by atoms with Crippen LogP contribution >= 0.6 is 0 Å². The van der Waals surface area contributed by atoms with E-state index >= 15 is 0 Å². The normalized spacial score (nSPS) is 17.1. The zero-order chi connectivity index (χ0) is 16.1. The molecule has 0 spiro atoms. The molecule has 0 bridgehead atoms. The standard InChI is InChI=1S/C17H21N3O2/c1-3-19(4-2)17(22)15-9-6-10-20(15)16(21)14-8-5-7-13(11-14)12-18/h5,7-8,11,15H,3-4,6,9-10H2,1-2H3/t15-/m0/s1. The molecule has 0 N–H and O–H groups in total. The van der Waals surface area contributed by atoms with Gasteiger partial charge in [0.05, 0.1) is 11.6 Å². The fourth-order valence-electron chi connectivity index (χ4n) is 2.90. The van der Waals surface area contributed by atoms with Gasteiger partial charge >= 0.3 is 0 Å². The van der Waals surface area contributed by atoms with Crippen LogP contribution in [0.1, 0.15) is 42.6 Å². The number of carbonyl (C=O) groups excluding carboxylic acids is 2. The van der Waals surface area contributed by atoms with Crippen molar-refractivity contribution in [2.75, 3.05) is 19.6 Å². The maximum Gasteiger partial charge on any atom is 0.254 e. The molecule has 22 heavy (non-hydrogen) atoms. The molecule has 1 aliphatic heterocycles. The molecule has 0 aromatic heterocycles. The van der Waals surface area contributed by atoms with Crippen molar-refractivity contribution in [2.24, 2.45) is 0 Å². The Hall–Kier alpha value is -2.35. The summed E-state index contributed by atoms with van der Waals surface area (Å²) in [6.07, 6.45) is 1.54. The van der Waals surface area contributed by atoms with Gasteiger partial charge in [-0.1, -0.05) is 6.07 Å². The Morgan fingerprint density at radius 3 is 2.73 bits per heavy atom. The fraction of sp³-hybridized carbons (Fsp3) is 0.471. The van der Waals surface area contributed by atoms with E-state index in [2.05, 4.69) is 0 Å². The van der Waals surface area contributed by atoms with Gasteiger partial charge in [-0.25, -0.2) is 0 Å². The van der Waals surface area contributed by atoms with Gasteiger partial charge in [-0.3, -0.25) is 9.59 Å². The molecule has 1 aromatic carbocycles. The molecule has 0 unspecified atom stereocenters. The molecule has 1 aliphatic rings. The Morgan fingerprint density at radius 1 is 1.36 bits per heavy atom. The summed E-state index contributed by atoms with van der Waals surface area (Å²) in [5, 5.41) is 8.95. The largest absolute Gasteiger partial charge is 0.341 e. The molecule has 1 fully saturated rings. The number of amides is 2. The first-order valence-electron chi connectivity index (χ1n) is 7.72. The molecule has 1 heterocycles. The number of rotatable bonds is 4. The Labute approximate surface area is 131 Å². The lowest BCUT2D eigenvalue weighted by molar-refractivity contribution is -0.134. The van der Waals surface area contributed by atoms with Crippen LogP contribution in [0.15, 0.2) is 24.3 Å². The second kappa shape index (κ2) is 7.08. The smallest absolute Gasteiger partial charge is 0.254 e. The van der Waals surface area contributed by atoms with Gasteiger partial charge in [0.1, 0.15) is 6.04 Å². The van der Waals surface area contributed by atoms with E-state index in [1.165, 1.54) is 0 Å². The Balaban J connectivity index is 2.21. The fourth-order valence-corrected chi connectivity index (χ4v) is 2.90. The van der Waals surface area contributed by atoms with Crippen LogP contribution < -0.4 is 0 Å². The number of nitriles is 1. The molecular formula is C17H21N3O2. The Kier molecular flexibility index (Phi) is 5.16. The summed E-state index contributed by atoms with van der Waals surface area (Å²) in [4.78, 5) is 28.6. The summed E-state index contributed by atoms with van der Waals surface area (Å²) in [5.74, 6) is -0.146. The highest BCUT2D eigenvalue weighted by Crippen LogP contribution is 2.22. The van der Waals surface area contributed by atoms with E-state index in [1.807, 2.05) is 19.9 Å². The minimum Gasteiger partial charge on any atom is -0.341 e. The predicted octanol–water partition coefficient (Wildman–Crippen LogP) is 2.03. The SMILES string of the molecule is CCN(CC)C(=O)[C@@H]1CCCN1C(=O)c1cccc(C#N)c1. The van der Waals surface area contributed by atoms with Crippen molar-refractivity contribution in [1.29, 1.82) is 5.26 Å². The maximum atomic E-state index is 12.7. The van der Waals surface area contributed by atoms with Crippen molar-refractivity contribution in [3.8, 4) is 6.07 Å². The van der Waals surface area contributed by atoms with Crippen molar-refractivity contribution in [2.45, 2.75) is 32.7 Å². The van der Waals surface area contributed by atoms with Gasteiger partial charge in [0.25, 0.3) is 5.91 Å². The molecular weight excluding hydrogens is 278 g/mol. The van der Waals surface area contributed by atoms with Crippen molar-refractivity contribution >= 4 is 11.8 Å². The molecule has 2 amide bonds. The van der Waals surface area contributed by atoms with Crippen LogP contribution in [-0.2, 0) is 4.79 Å². The highest BCUT2D eigenvalue weighted by Gasteiger charge is 2.36. The molecule has 5 heteroatoms. The van der Waals surface area contributed by atoms with Crippen LogP contribution in [0.4, 0.5) is 0 Å². The molecule has 1 aromatic rings. The van der Waals surface area contributed by atoms with Crippen LogP contribution in [0.3, 0.4) is 0 Å². The number of likely N-dealkylation sites (N-methyl/N-ethyl adjacent to an activating group) is 1. The number of benzene rings is 1. The van der Waals surface area contributed by atoms with E-state index in [4.69, 9.17) is 5.26 Å². The summed E-state index contributed by atoms with van der Waals surface area (Å²) in [5.41, 5.74) is 0.926. The third-order valence-corrected chi connectivity index (χ3v) is 4.11. The lowest BCUT2D eigenvalue weighted by Crippen LogP contribution is -2.47. The number of hydrogen-bond acceptors (Lipinski definition) is 3. The van der Waals surface area contributed by atoms with Crippen molar-refractivity contribution in [3.05, 3.63) is 35.4 Å². The maximum absolute atomic E-state index is 12.7. The highest BCUT2D eigenvalue weighted by atomic mass is 16.2. The first-order chi connectivity index (χ1) is 10.6. The summed E-state index contributed by atoms with van der Waals surface area (Å²) in [6.45, 7) is 5.78. The second-order valence-electron chi connectivity index (χ2n) is 5.36. The van der Waals surface area contributed by atoms with Gasteiger partial charge in [-0.2, -0.15) is 5.26 Å². The van der Waals surface area contributed by atoms with E-state index in [1.54, 1.807) is 34.1 Å². The third kappa shape index (κ3) is 3.11. The third-order valence-electron chi connectivity index (χ3n) is 4.11. The number of likely N-dealkylation sites (tertiary alicyclic amines) is 1. The minimum atomic E-state index is -0.377. The summed E-state index contributed by atoms with van der Waals surface area (Å²) in [7, 11) is 0. The zero-order valence-corrected chi connectivity index (χ0v) is 13.1. The van der Waals surface area contributed by atoms with E-state index in [-0.39, 0.29) is 17.9 Å². The topological polar surface area (TPSA) is 64.4 Å². The molecule has 2 rings (SSSR count). The van der Waals surface area contributed by atoms with Gasteiger partial charge in [0, 0.05) is 25.2 Å². The molecule has 116 valence electrons. The monoisotopic (exact) mass is 299 g/mol. The van der Waals surface area contributed by atoms with Crippen molar-refractivity contribution < 1.29 is 9.59 Å². The van der Waals surface area contributed by atoms with Gasteiger partial charge in [0.2, 0.25) is 5.91 Å². The van der Waals surface area contributed by atoms with E-state index in [0.29, 0.717) is 37.2 Å². The molecule has 1 saturated heterocycles. The minimum absolute atomic E-state index is 0.0206.